The molecule has 0 radical (unpaired) electrons. The van der Waals surface area contributed by atoms with Gasteiger partial charge in [0.05, 0.1) is 5.25 Å². The van der Waals surface area contributed by atoms with Crippen LogP contribution in [0.5, 0.6) is 0 Å². The van der Waals surface area contributed by atoms with Gasteiger partial charge in [0.25, 0.3) is 0 Å². The van der Waals surface area contributed by atoms with Gasteiger partial charge in [-0.2, -0.15) is 0 Å². The molecule has 0 aromatic rings. The van der Waals surface area contributed by atoms with E-state index in [4.69, 9.17) is 5.11 Å². The van der Waals surface area contributed by atoms with Gasteiger partial charge in [-0.3, -0.25) is 0 Å². The van der Waals surface area contributed by atoms with E-state index in [1.165, 1.54) is 6.26 Å². The molecule has 0 amide bonds. The highest BCUT2D eigenvalue weighted by Crippen LogP contribution is 2.25. The molecule has 0 saturated heterocycles. The quantitative estimate of drug-likeness (QED) is 0.769. The van der Waals surface area contributed by atoms with E-state index in [2.05, 4.69) is 19.2 Å². The Morgan fingerprint density at radius 1 is 1.33 bits per heavy atom. The van der Waals surface area contributed by atoms with Gasteiger partial charge in [0, 0.05) is 25.4 Å². The van der Waals surface area contributed by atoms with E-state index in [9.17, 15) is 8.42 Å². The molecule has 1 aliphatic rings. The van der Waals surface area contributed by atoms with Crippen molar-refractivity contribution in [2.75, 3.05) is 19.4 Å². The maximum absolute atomic E-state index is 11.6. The highest BCUT2D eigenvalue weighted by Gasteiger charge is 2.29. The minimum atomic E-state index is -2.90. The summed E-state index contributed by atoms with van der Waals surface area (Å²) in [6, 6.07) is 0.302. The van der Waals surface area contributed by atoms with Gasteiger partial charge < -0.3 is 10.4 Å². The van der Waals surface area contributed by atoms with E-state index < -0.39 is 9.84 Å². The zero-order valence-electron chi connectivity index (χ0n) is 11.8. The lowest BCUT2D eigenvalue weighted by Gasteiger charge is -2.32. The van der Waals surface area contributed by atoms with Crippen LogP contribution >= 0.6 is 0 Å². The molecule has 2 unspecified atom stereocenters. The first-order valence-corrected chi connectivity index (χ1v) is 8.73. The van der Waals surface area contributed by atoms with Crippen LogP contribution in [-0.2, 0) is 9.84 Å². The maximum atomic E-state index is 11.6. The Morgan fingerprint density at radius 3 is 2.56 bits per heavy atom. The summed E-state index contributed by atoms with van der Waals surface area (Å²) in [5.41, 5.74) is 0.0623. The summed E-state index contributed by atoms with van der Waals surface area (Å²) in [7, 11) is -2.90. The summed E-state index contributed by atoms with van der Waals surface area (Å²) in [5, 5.41) is 12.3. The molecule has 1 rings (SSSR count). The molecule has 5 heteroatoms. The Kier molecular flexibility index (Phi) is 5.62. The van der Waals surface area contributed by atoms with E-state index in [0.29, 0.717) is 6.04 Å². The molecule has 0 aliphatic heterocycles. The first kappa shape index (κ1) is 15.9. The first-order chi connectivity index (χ1) is 8.24. The van der Waals surface area contributed by atoms with Crippen molar-refractivity contribution in [2.24, 2.45) is 5.41 Å². The molecule has 0 heterocycles. The predicted molar refractivity (Wildman–Crippen MR) is 74.4 cm³/mol. The molecule has 1 aliphatic carbocycles. The number of aliphatic hydroxyl groups is 1. The van der Waals surface area contributed by atoms with Crippen molar-refractivity contribution in [1.82, 2.24) is 5.32 Å². The standard InChI is InChI=1S/C13H27NO3S/c1-13(2,7-8-15)10-14-11-5-4-6-12(9-11)18(3,16)17/h11-12,14-15H,4-10H2,1-3H3. The van der Waals surface area contributed by atoms with Crippen molar-refractivity contribution in [3.8, 4) is 0 Å². The second kappa shape index (κ2) is 6.35. The first-order valence-electron chi connectivity index (χ1n) is 6.78. The van der Waals surface area contributed by atoms with Crippen LogP contribution in [-0.4, -0.2) is 44.2 Å². The molecular weight excluding hydrogens is 250 g/mol. The lowest BCUT2D eigenvalue weighted by atomic mass is 9.88. The van der Waals surface area contributed by atoms with E-state index >= 15 is 0 Å². The van der Waals surface area contributed by atoms with Crippen LogP contribution < -0.4 is 5.32 Å². The summed E-state index contributed by atoms with van der Waals surface area (Å²) >= 11 is 0. The van der Waals surface area contributed by atoms with E-state index in [1.807, 2.05) is 0 Å². The summed E-state index contributed by atoms with van der Waals surface area (Å²) < 4.78 is 23.1. The van der Waals surface area contributed by atoms with Gasteiger partial charge >= 0.3 is 0 Å². The van der Waals surface area contributed by atoms with Gasteiger partial charge in [-0.25, -0.2) is 8.42 Å². The summed E-state index contributed by atoms with van der Waals surface area (Å²) in [6.07, 6.45) is 5.68. The van der Waals surface area contributed by atoms with E-state index in [-0.39, 0.29) is 17.3 Å². The molecule has 108 valence electrons. The van der Waals surface area contributed by atoms with E-state index in [1.54, 1.807) is 0 Å². The normalized spacial score (nSPS) is 26.2. The molecule has 1 fully saturated rings. The second-order valence-corrected chi connectivity index (χ2v) is 8.66. The van der Waals surface area contributed by atoms with Gasteiger partial charge in [-0.1, -0.05) is 20.3 Å². The van der Waals surface area contributed by atoms with Crippen LogP contribution in [0.3, 0.4) is 0 Å². The molecule has 2 N–H and O–H groups in total. The van der Waals surface area contributed by atoms with Crippen LogP contribution in [0.2, 0.25) is 0 Å². The van der Waals surface area contributed by atoms with Gasteiger partial charge in [-0.15, -0.1) is 0 Å². The monoisotopic (exact) mass is 277 g/mol. The van der Waals surface area contributed by atoms with Crippen LogP contribution in [0.25, 0.3) is 0 Å². The van der Waals surface area contributed by atoms with Crippen LogP contribution in [0, 0.1) is 5.41 Å². The second-order valence-electron chi connectivity index (χ2n) is 6.33. The Hall–Kier alpha value is -0.130. The number of rotatable bonds is 6. The van der Waals surface area contributed by atoms with Gasteiger partial charge in [-0.05, 0) is 31.1 Å². The van der Waals surface area contributed by atoms with Gasteiger partial charge in [0.15, 0.2) is 0 Å². The fourth-order valence-corrected chi connectivity index (χ4v) is 3.71. The fourth-order valence-electron chi connectivity index (χ4n) is 2.53. The fraction of sp³-hybridized carbons (Fsp3) is 1.00. The Morgan fingerprint density at radius 2 is 2.00 bits per heavy atom. The minimum absolute atomic E-state index is 0.0623. The smallest absolute Gasteiger partial charge is 0.150 e. The number of hydrogen-bond donors (Lipinski definition) is 2. The maximum Gasteiger partial charge on any atom is 0.150 e. The van der Waals surface area contributed by atoms with E-state index in [0.717, 1.165) is 38.6 Å². The van der Waals surface area contributed by atoms with Crippen molar-refractivity contribution in [1.29, 1.82) is 0 Å². The molecule has 18 heavy (non-hydrogen) atoms. The third-order valence-corrected chi connectivity index (χ3v) is 5.53. The number of nitrogens with one attached hydrogen (secondary N) is 1. The molecule has 0 bridgehead atoms. The summed E-state index contributed by atoms with van der Waals surface area (Å²) in [4.78, 5) is 0. The zero-order valence-corrected chi connectivity index (χ0v) is 12.6. The molecule has 2 atom stereocenters. The predicted octanol–water partition coefficient (Wildman–Crippen LogP) is 1.34. The largest absolute Gasteiger partial charge is 0.396 e. The topological polar surface area (TPSA) is 66.4 Å². The average Bonchev–Trinajstić information content (AvgIpc) is 2.26. The Bertz CT molecular complexity index is 351. The van der Waals surface area contributed by atoms with Crippen molar-refractivity contribution < 1.29 is 13.5 Å². The van der Waals surface area contributed by atoms with Gasteiger partial charge in [0.1, 0.15) is 9.84 Å². The van der Waals surface area contributed by atoms with Crippen molar-refractivity contribution in [3.05, 3.63) is 0 Å². The lowest BCUT2D eigenvalue weighted by molar-refractivity contribution is 0.198. The molecule has 1 saturated carbocycles. The highest BCUT2D eigenvalue weighted by atomic mass is 32.2. The molecule has 0 spiro atoms. The third-order valence-electron chi connectivity index (χ3n) is 3.89. The molecule has 0 aromatic heterocycles. The number of hydrogen-bond acceptors (Lipinski definition) is 4. The molecule has 0 aromatic carbocycles. The minimum Gasteiger partial charge on any atom is -0.396 e. The van der Waals surface area contributed by atoms with Crippen LogP contribution in [0.1, 0.15) is 46.0 Å². The summed E-state index contributed by atoms with van der Waals surface area (Å²) in [6.45, 7) is 5.26. The Balaban J connectivity index is 2.44. The van der Waals surface area contributed by atoms with Gasteiger partial charge in [0.2, 0.25) is 0 Å². The Labute approximate surface area is 111 Å². The van der Waals surface area contributed by atoms with Crippen molar-refractivity contribution in [2.45, 2.75) is 57.2 Å². The SMILES string of the molecule is CC(C)(CCO)CNC1CCCC(S(C)(=O)=O)C1. The zero-order chi connectivity index (χ0) is 13.8. The van der Waals surface area contributed by atoms with Crippen molar-refractivity contribution in [3.63, 3.8) is 0 Å². The molecular formula is C13H27NO3S. The average molecular weight is 277 g/mol. The van der Waals surface area contributed by atoms with Crippen molar-refractivity contribution >= 4 is 9.84 Å². The summed E-state index contributed by atoms with van der Waals surface area (Å²) in [5.74, 6) is 0. The number of aliphatic hydroxyl groups excluding tert-OH is 1. The lowest BCUT2D eigenvalue weighted by Crippen LogP contribution is -2.42. The highest BCUT2D eigenvalue weighted by molar-refractivity contribution is 7.91. The molecule has 4 nitrogen and oxygen atoms in total. The number of sulfone groups is 1. The van der Waals surface area contributed by atoms with Crippen LogP contribution in [0.15, 0.2) is 0 Å². The van der Waals surface area contributed by atoms with Crippen LogP contribution in [0.4, 0.5) is 0 Å². The third kappa shape index (κ3) is 5.24.